The van der Waals surface area contributed by atoms with Crippen LogP contribution in [-0.4, -0.2) is 8.42 Å². The second-order valence-electron chi connectivity index (χ2n) is 7.46. The number of hydrogen-bond donors (Lipinski definition) is 1. The molecule has 24 heavy (non-hydrogen) atoms. The minimum atomic E-state index is -3.38. The fourth-order valence-corrected chi connectivity index (χ4v) is 3.94. The summed E-state index contributed by atoms with van der Waals surface area (Å²) in [6, 6.07) is 15.5. The Bertz CT molecular complexity index is 770. The molecule has 3 nitrogen and oxygen atoms in total. The molecular weight excluding hydrogens is 318 g/mol. The first-order valence-corrected chi connectivity index (χ1v) is 9.88. The minimum absolute atomic E-state index is 0.00229. The van der Waals surface area contributed by atoms with Crippen molar-refractivity contribution in [2.75, 3.05) is 0 Å². The highest BCUT2D eigenvalue weighted by Crippen LogP contribution is 2.24. The summed E-state index contributed by atoms with van der Waals surface area (Å²) in [5, 5.41) is 0. The molecule has 2 aromatic carbocycles. The van der Waals surface area contributed by atoms with Gasteiger partial charge in [-0.2, -0.15) is 0 Å². The first-order chi connectivity index (χ1) is 11.1. The van der Waals surface area contributed by atoms with E-state index < -0.39 is 10.0 Å². The molecule has 2 rings (SSSR count). The summed E-state index contributed by atoms with van der Waals surface area (Å²) in [5.74, 6) is -0.00229. The van der Waals surface area contributed by atoms with E-state index in [1.807, 2.05) is 50.2 Å². The van der Waals surface area contributed by atoms with E-state index >= 15 is 0 Å². The maximum atomic E-state index is 12.4. The summed E-state index contributed by atoms with van der Waals surface area (Å²) >= 11 is 0. The van der Waals surface area contributed by atoms with Gasteiger partial charge in [0.05, 0.1) is 5.75 Å². The highest BCUT2D eigenvalue weighted by molar-refractivity contribution is 7.88. The fraction of sp³-hybridized carbons (Fsp3) is 0.400. The summed E-state index contributed by atoms with van der Waals surface area (Å²) in [4.78, 5) is 0. The van der Waals surface area contributed by atoms with Gasteiger partial charge in [-0.25, -0.2) is 13.1 Å². The van der Waals surface area contributed by atoms with E-state index in [4.69, 9.17) is 0 Å². The fourth-order valence-electron chi connectivity index (χ4n) is 2.55. The average molecular weight is 346 g/mol. The van der Waals surface area contributed by atoms with Gasteiger partial charge in [0, 0.05) is 6.04 Å². The Balaban J connectivity index is 2.07. The molecule has 0 bridgehead atoms. The SMILES string of the molecule is Cc1ccc(CS(=O)(=O)N[C@H](C)c2ccc(C(C)(C)C)cc2)cc1. The maximum Gasteiger partial charge on any atom is 0.216 e. The van der Waals surface area contributed by atoms with E-state index in [1.165, 1.54) is 5.56 Å². The van der Waals surface area contributed by atoms with E-state index in [-0.39, 0.29) is 17.2 Å². The van der Waals surface area contributed by atoms with Crippen molar-refractivity contribution in [3.8, 4) is 0 Å². The number of aryl methyl sites for hydroxylation is 1. The predicted octanol–water partition coefficient (Wildman–Crippen LogP) is 4.47. The van der Waals surface area contributed by atoms with Crippen molar-refractivity contribution in [2.24, 2.45) is 0 Å². The Hall–Kier alpha value is -1.65. The zero-order valence-electron chi connectivity index (χ0n) is 15.1. The lowest BCUT2D eigenvalue weighted by Crippen LogP contribution is -2.28. The van der Waals surface area contributed by atoms with Crippen molar-refractivity contribution in [1.82, 2.24) is 4.72 Å². The van der Waals surface area contributed by atoms with Crippen molar-refractivity contribution in [2.45, 2.75) is 51.8 Å². The molecular formula is C20H27NO2S. The Kier molecular flexibility index (Phi) is 5.51. The van der Waals surface area contributed by atoms with Crippen molar-refractivity contribution in [3.63, 3.8) is 0 Å². The monoisotopic (exact) mass is 345 g/mol. The lowest BCUT2D eigenvalue weighted by atomic mass is 9.86. The highest BCUT2D eigenvalue weighted by Gasteiger charge is 2.18. The van der Waals surface area contributed by atoms with Gasteiger partial charge in [-0.1, -0.05) is 74.9 Å². The topological polar surface area (TPSA) is 46.2 Å². The minimum Gasteiger partial charge on any atom is -0.212 e. The third-order valence-corrected chi connectivity index (χ3v) is 5.54. The molecule has 0 radical (unpaired) electrons. The van der Waals surface area contributed by atoms with E-state index in [2.05, 4.69) is 37.6 Å². The van der Waals surface area contributed by atoms with Gasteiger partial charge in [0.2, 0.25) is 10.0 Å². The molecule has 0 spiro atoms. The lowest BCUT2D eigenvalue weighted by Gasteiger charge is -2.20. The molecule has 0 aromatic heterocycles. The van der Waals surface area contributed by atoms with Crippen molar-refractivity contribution >= 4 is 10.0 Å². The van der Waals surface area contributed by atoms with Crippen LogP contribution in [0.3, 0.4) is 0 Å². The van der Waals surface area contributed by atoms with Crippen molar-refractivity contribution in [3.05, 3.63) is 70.8 Å². The summed E-state index contributed by atoms with van der Waals surface area (Å²) < 4.78 is 27.5. The number of rotatable bonds is 5. The van der Waals surface area contributed by atoms with E-state index in [0.29, 0.717) is 0 Å². The molecule has 1 atom stereocenters. The van der Waals surface area contributed by atoms with Gasteiger partial charge in [0.25, 0.3) is 0 Å². The third kappa shape index (κ3) is 5.18. The number of sulfonamides is 1. The van der Waals surface area contributed by atoms with Crippen molar-refractivity contribution < 1.29 is 8.42 Å². The predicted molar refractivity (Wildman–Crippen MR) is 100 cm³/mol. The van der Waals surface area contributed by atoms with E-state index in [0.717, 1.165) is 16.7 Å². The highest BCUT2D eigenvalue weighted by atomic mass is 32.2. The largest absolute Gasteiger partial charge is 0.216 e. The summed E-state index contributed by atoms with van der Waals surface area (Å²) in [6.07, 6.45) is 0. The first kappa shape index (κ1) is 18.7. The van der Waals surface area contributed by atoms with Crippen molar-refractivity contribution in [1.29, 1.82) is 0 Å². The normalized spacial score (nSPS) is 13.7. The maximum absolute atomic E-state index is 12.4. The van der Waals surface area contributed by atoms with Crippen LogP contribution in [0, 0.1) is 6.92 Å². The van der Waals surface area contributed by atoms with Crippen LogP contribution < -0.4 is 4.72 Å². The lowest BCUT2D eigenvalue weighted by molar-refractivity contribution is 0.565. The van der Waals surface area contributed by atoms with Gasteiger partial charge < -0.3 is 0 Å². The molecule has 0 fully saturated rings. The van der Waals surface area contributed by atoms with Gasteiger partial charge in [0.1, 0.15) is 0 Å². The van der Waals surface area contributed by atoms with Crippen LogP contribution in [0.1, 0.15) is 56.0 Å². The summed E-state index contributed by atoms with van der Waals surface area (Å²) in [7, 11) is -3.38. The zero-order chi connectivity index (χ0) is 18.0. The Labute approximate surface area is 146 Å². The van der Waals surface area contributed by atoms with Gasteiger partial charge in [-0.05, 0) is 36.0 Å². The summed E-state index contributed by atoms with van der Waals surface area (Å²) in [6.45, 7) is 10.3. The molecule has 0 aliphatic rings. The zero-order valence-corrected chi connectivity index (χ0v) is 15.9. The molecule has 0 amide bonds. The second-order valence-corrected chi connectivity index (χ2v) is 9.21. The van der Waals surface area contributed by atoms with Gasteiger partial charge in [0.15, 0.2) is 0 Å². The molecule has 2 aromatic rings. The second kappa shape index (κ2) is 7.08. The number of nitrogens with one attached hydrogen (secondary N) is 1. The third-order valence-electron chi connectivity index (χ3n) is 4.11. The molecule has 1 N–H and O–H groups in total. The van der Waals surface area contributed by atoms with Gasteiger partial charge in [-0.3, -0.25) is 0 Å². The molecule has 0 heterocycles. The first-order valence-electron chi connectivity index (χ1n) is 8.23. The van der Waals surface area contributed by atoms with E-state index in [1.54, 1.807) is 0 Å². The van der Waals surface area contributed by atoms with Crippen LogP contribution in [0.15, 0.2) is 48.5 Å². The standard InChI is InChI=1S/C20H27NO2S/c1-15-6-8-17(9-7-15)14-24(22,23)21-16(2)18-10-12-19(13-11-18)20(3,4)5/h6-13,16,21H,14H2,1-5H3/t16-/m1/s1. The van der Waals surface area contributed by atoms with Crippen LogP contribution in [0.2, 0.25) is 0 Å². The van der Waals surface area contributed by atoms with Crippen LogP contribution >= 0.6 is 0 Å². The molecule has 0 aliphatic heterocycles. The van der Waals surface area contributed by atoms with Gasteiger partial charge in [-0.15, -0.1) is 0 Å². The molecule has 0 saturated heterocycles. The van der Waals surface area contributed by atoms with Crippen LogP contribution in [0.25, 0.3) is 0 Å². The molecule has 130 valence electrons. The summed E-state index contributed by atoms with van der Waals surface area (Å²) in [5.41, 5.74) is 4.21. The molecule has 0 saturated carbocycles. The van der Waals surface area contributed by atoms with Crippen LogP contribution in [0.4, 0.5) is 0 Å². The van der Waals surface area contributed by atoms with Crippen LogP contribution in [0.5, 0.6) is 0 Å². The van der Waals surface area contributed by atoms with E-state index in [9.17, 15) is 8.42 Å². The quantitative estimate of drug-likeness (QED) is 0.869. The average Bonchev–Trinajstić information content (AvgIpc) is 2.48. The number of benzene rings is 2. The molecule has 4 heteroatoms. The van der Waals surface area contributed by atoms with Gasteiger partial charge >= 0.3 is 0 Å². The Morgan fingerprint density at radius 2 is 1.50 bits per heavy atom. The molecule has 0 unspecified atom stereocenters. The van der Waals surface area contributed by atoms with Crippen LogP contribution in [-0.2, 0) is 21.2 Å². The Morgan fingerprint density at radius 3 is 2.00 bits per heavy atom. The smallest absolute Gasteiger partial charge is 0.212 e. The molecule has 0 aliphatic carbocycles. The number of hydrogen-bond acceptors (Lipinski definition) is 2. The Morgan fingerprint density at radius 1 is 0.958 bits per heavy atom.